The quantitative estimate of drug-likeness (QED) is 0.508. The Balaban J connectivity index is 1.77. The van der Waals surface area contributed by atoms with Crippen LogP contribution in [-0.2, 0) is 23.9 Å². The Morgan fingerprint density at radius 2 is 1.36 bits per heavy atom. The van der Waals surface area contributed by atoms with Gasteiger partial charge < -0.3 is 20.5 Å². The van der Waals surface area contributed by atoms with Crippen LogP contribution in [0, 0.1) is 0 Å². The number of nitrogens with one attached hydrogen (secondary N) is 1. The van der Waals surface area contributed by atoms with Gasteiger partial charge in [0.05, 0.1) is 18.9 Å². The Bertz CT molecular complexity index is 780. The molecule has 0 fully saturated rings. The van der Waals surface area contributed by atoms with E-state index in [0.717, 1.165) is 11.1 Å². The van der Waals surface area contributed by atoms with Gasteiger partial charge in [0.15, 0.2) is 0 Å². The third-order valence-electron chi connectivity index (χ3n) is 4.00. The van der Waals surface area contributed by atoms with E-state index in [4.69, 9.17) is 15.2 Å². The van der Waals surface area contributed by atoms with E-state index in [-0.39, 0.29) is 18.7 Å². The van der Waals surface area contributed by atoms with Crippen molar-refractivity contribution in [3.05, 3.63) is 71.8 Å². The highest BCUT2D eigenvalue weighted by molar-refractivity contribution is 5.76. The maximum absolute atomic E-state index is 12.0. The number of benzene rings is 2. The summed E-state index contributed by atoms with van der Waals surface area (Å²) in [4.78, 5) is 35.3. The molecule has 0 spiro atoms. The molecule has 7 heteroatoms. The van der Waals surface area contributed by atoms with Gasteiger partial charge in [-0.3, -0.25) is 14.4 Å². The summed E-state index contributed by atoms with van der Waals surface area (Å²) in [5.74, 6) is -1.42. The van der Waals surface area contributed by atoms with E-state index in [9.17, 15) is 14.4 Å². The average Bonchev–Trinajstić information content (AvgIpc) is 2.68. The van der Waals surface area contributed by atoms with E-state index >= 15 is 0 Å². The summed E-state index contributed by atoms with van der Waals surface area (Å²) in [7, 11) is 0. The SMILES string of the molecule is CC(=O)N[C@@H](CC(=O)OCOC(=O)C[C@H](N)c1ccccc1)c1ccccc1. The van der Waals surface area contributed by atoms with Crippen LogP contribution in [0.1, 0.15) is 43.0 Å². The van der Waals surface area contributed by atoms with Gasteiger partial charge in [-0.05, 0) is 11.1 Å². The normalized spacial score (nSPS) is 12.5. The summed E-state index contributed by atoms with van der Waals surface area (Å²) in [6, 6.07) is 17.2. The number of carbonyl (C=O) groups excluding carboxylic acids is 3. The molecule has 148 valence electrons. The minimum Gasteiger partial charge on any atom is -0.428 e. The molecule has 0 aliphatic rings. The second-order valence-corrected chi connectivity index (χ2v) is 6.24. The molecule has 1 amide bonds. The summed E-state index contributed by atoms with van der Waals surface area (Å²) in [6.07, 6.45) is -0.106. The van der Waals surface area contributed by atoms with Crippen molar-refractivity contribution in [1.82, 2.24) is 5.32 Å². The van der Waals surface area contributed by atoms with E-state index in [2.05, 4.69) is 5.32 Å². The van der Waals surface area contributed by atoms with Crippen LogP contribution in [0.3, 0.4) is 0 Å². The second kappa shape index (κ2) is 10.8. The number of amides is 1. The lowest BCUT2D eigenvalue weighted by molar-refractivity contribution is -0.167. The molecule has 2 aromatic rings. The number of rotatable bonds is 9. The first kappa shape index (κ1) is 21.1. The first-order chi connectivity index (χ1) is 13.5. The van der Waals surface area contributed by atoms with Gasteiger partial charge in [-0.2, -0.15) is 0 Å². The fourth-order valence-corrected chi connectivity index (χ4v) is 2.63. The van der Waals surface area contributed by atoms with Crippen LogP contribution < -0.4 is 11.1 Å². The summed E-state index contributed by atoms with van der Waals surface area (Å²) in [6.45, 7) is 0.875. The molecule has 0 heterocycles. The predicted molar refractivity (Wildman–Crippen MR) is 103 cm³/mol. The fraction of sp³-hybridized carbons (Fsp3) is 0.286. The molecule has 7 nitrogen and oxygen atoms in total. The van der Waals surface area contributed by atoms with Crippen LogP contribution in [0.2, 0.25) is 0 Å². The molecule has 0 unspecified atom stereocenters. The standard InChI is InChI=1S/C21H24N2O5/c1-15(24)23-19(17-10-6-3-7-11-17)13-21(26)28-14-27-20(25)12-18(22)16-8-4-2-5-9-16/h2-11,18-19H,12-14,22H2,1H3,(H,23,24)/t18-,19-/m0/s1. The van der Waals surface area contributed by atoms with Gasteiger partial charge in [0, 0.05) is 13.0 Å². The van der Waals surface area contributed by atoms with Crippen molar-refractivity contribution in [1.29, 1.82) is 0 Å². The zero-order valence-electron chi connectivity index (χ0n) is 15.7. The Kier molecular flexibility index (Phi) is 8.17. The molecule has 0 saturated carbocycles. The number of esters is 2. The Labute approximate surface area is 163 Å². The molecular formula is C21H24N2O5. The average molecular weight is 384 g/mol. The van der Waals surface area contributed by atoms with Crippen LogP contribution in [0.5, 0.6) is 0 Å². The lowest BCUT2D eigenvalue weighted by Crippen LogP contribution is -2.29. The number of ether oxygens (including phenoxy) is 2. The molecule has 0 bridgehead atoms. The largest absolute Gasteiger partial charge is 0.428 e. The van der Waals surface area contributed by atoms with E-state index in [0.29, 0.717) is 0 Å². The predicted octanol–water partition coefficient (Wildman–Crippen LogP) is 2.39. The lowest BCUT2D eigenvalue weighted by Gasteiger charge is -2.17. The molecule has 0 radical (unpaired) electrons. The van der Waals surface area contributed by atoms with E-state index in [1.54, 1.807) is 12.1 Å². The van der Waals surface area contributed by atoms with Gasteiger partial charge in [-0.1, -0.05) is 60.7 Å². The molecule has 2 atom stereocenters. The minimum absolute atomic E-state index is 0.0277. The second-order valence-electron chi connectivity index (χ2n) is 6.24. The first-order valence-corrected chi connectivity index (χ1v) is 8.89. The van der Waals surface area contributed by atoms with Gasteiger partial charge >= 0.3 is 11.9 Å². The van der Waals surface area contributed by atoms with Crippen LogP contribution in [0.25, 0.3) is 0 Å². The van der Waals surface area contributed by atoms with E-state index < -0.39 is 30.8 Å². The first-order valence-electron chi connectivity index (χ1n) is 8.89. The summed E-state index contributed by atoms with van der Waals surface area (Å²) in [5.41, 5.74) is 7.55. The maximum Gasteiger partial charge on any atom is 0.311 e. The Hall–Kier alpha value is -3.19. The fourth-order valence-electron chi connectivity index (χ4n) is 2.63. The number of carbonyl (C=O) groups is 3. The molecule has 2 rings (SSSR count). The van der Waals surface area contributed by atoms with Gasteiger partial charge in [-0.15, -0.1) is 0 Å². The molecule has 28 heavy (non-hydrogen) atoms. The van der Waals surface area contributed by atoms with Crippen molar-refractivity contribution in [2.45, 2.75) is 31.8 Å². The van der Waals surface area contributed by atoms with Crippen LogP contribution in [0.4, 0.5) is 0 Å². The smallest absolute Gasteiger partial charge is 0.311 e. The minimum atomic E-state index is -0.595. The van der Waals surface area contributed by atoms with Gasteiger partial charge in [-0.25, -0.2) is 0 Å². The monoisotopic (exact) mass is 384 g/mol. The molecule has 0 saturated heterocycles. The van der Waals surface area contributed by atoms with Crippen molar-refractivity contribution < 1.29 is 23.9 Å². The van der Waals surface area contributed by atoms with E-state index in [1.807, 2.05) is 48.5 Å². The van der Waals surface area contributed by atoms with Crippen molar-refractivity contribution in [2.75, 3.05) is 6.79 Å². The van der Waals surface area contributed by atoms with Crippen LogP contribution >= 0.6 is 0 Å². The lowest BCUT2D eigenvalue weighted by atomic mass is 10.0. The summed E-state index contributed by atoms with van der Waals surface area (Å²) in [5, 5.41) is 2.71. The van der Waals surface area contributed by atoms with E-state index in [1.165, 1.54) is 6.92 Å². The molecule has 0 aliphatic carbocycles. The maximum atomic E-state index is 12.0. The topological polar surface area (TPSA) is 108 Å². The summed E-state index contributed by atoms with van der Waals surface area (Å²) < 4.78 is 9.88. The van der Waals surface area contributed by atoms with Crippen LogP contribution in [-0.4, -0.2) is 24.6 Å². The van der Waals surface area contributed by atoms with Crippen molar-refractivity contribution in [3.63, 3.8) is 0 Å². The highest BCUT2D eigenvalue weighted by Gasteiger charge is 2.19. The molecule has 0 aliphatic heterocycles. The molecule has 3 N–H and O–H groups in total. The zero-order chi connectivity index (χ0) is 20.4. The van der Waals surface area contributed by atoms with Crippen molar-refractivity contribution in [3.8, 4) is 0 Å². The molecular weight excluding hydrogens is 360 g/mol. The van der Waals surface area contributed by atoms with Crippen molar-refractivity contribution >= 4 is 17.8 Å². The van der Waals surface area contributed by atoms with Gasteiger partial charge in [0.25, 0.3) is 0 Å². The molecule has 0 aromatic heterocycles. The number of hydrogen-bond acceptors (Lipinski definition) is 6. The summed E-state index contributed by atoms with van der Waals surface area (Å²) >= 11 is 0. The Morgan fingerprint density at radius 3 is 1.89 bits per heavy atom. The highest BCUT2D eigenvalue weighted by Crippen LogP contribution is 2.17. The highest BCUT2D eigenvalue weighted by atomic mass is 16.7. The third-order valence-corrected chi connectivity index (χ3v) is 4.00. The zero-order valence-corrected chi connectivity index (χ0v) is 15.7. The van der Waals surface area contributed by atoms with Crippen molar-refractivity contribution in [2.24, 2.45) is 5.73 Å². The third kappa shape index (κ3) is 7.20. The number of hydrogen-bond donors (Lipinski definition) is 2. The molecule has 2 aromatic carbocycles. The van der Waals surface area contributed by atoms with Gasteiger partial charge in [0.2, 0.25) is 12.7 Å². The Morgan fingerprint density at radius 1 is 0.857 bits per heavy atom. The van der Waals surface area contributed by atoms with Crippen LogP contribution in [0.15, 0.2) is 60.7 Å². The van der Waals surface area contributed by atoms with Gasteiger partial charge in [0.1, 0.15) is 0 Å². The number of nitrogens with two attached hydrogens (primary N) is 1.